The summed E-state index contributed by atoms with van der Waals surface area (Å²) in [5.41, 5.74) is 1.15. The van der Waals surface area contributed by atoms with Crippen LogP contribution in [-0.2, 0) is 0 Å². The molecule has 5 nitrogen and oxygen atoms in total. The number of halogens is 1. The van der Waals surface area contributed by atoms with Gasteiger partial charge >= 0.3 is 0 Å². The summed E-state index contributed by atoms with van der Waals surface area (Å²) in [6, 6.07) is 4.23. The Labute approximate surface area is 111 Å². The van der Waals surface area contributed by atoms with Crippen molar-refractivity contribution < 1.29 is 0 Å². The number of hydrogen-bond acceptors (Lipinski definition) is 5. The van der Waals surface area contributed by atoms with Gasteiger partial charge in [-0.25, -0.2) is 0 Å². The van der Waals surface area contributed by atoms with Gasteiger partial charge in [-0.2, -0.15) is 4.68 Å². The number of allylic oxidation sites excluding steroid dienone is 2. The number of fused-ring (bicyclic) bond motifs is 1. The molecule has 1 aliphatic heterocycles. The van der Waals surface area contributed by atoms with Crippen LogP contribution in [0, 0.1) is 0 Å². The van der Waals surface area contributed by atoms with Crippen molar-refractivity contribution in [3.63, 3.8) is 0 Å². The summed E-state index contributed by atoms with van der Waals surface area (Å²) in [6.45, 7) is 2.06. The fourth-order valence-corrected chi connectivity index (χ4v) is 3.33. The fraction of sp³-hybridized carbons (Fsp3) is 0.300. The third-order valence-electron chi connectivity index (χ3n) is 2.85. The van der Waals surface area contributed by atoms with Crippen LogP contribution < -0.4 is 4.90 Å². The minimum Gasteiger partial charge on any atom is -0.317 e. The monoisotopic (exact) mass is 311 g/mol. The van der Waals surface area contributed by atoms with Gasteiger partial charge in [0.2, 0.25) is 5.95 Å². The highest BCUT2D eigenvalue weighted by Gasteiger charge is 2.26. The van der Waals surface area contributed by atoms with Crippen molar-refractivity contribution in [2.24, 2.45) is 0 Å². The van der Waals surface area contributed by atoms with Crippen LogP contribution in [-0.4, -0.2) is 27.3 Å². The van der Waals surface area contributed by atoms with E-state index in [-0.39, 0.29) is 6.04 Å². The first kappa shape index (κ1) is 10.9. The van der Waals surface area contributed by atoms with E-state index >= 15 is 0 Å². The van der Waals surface area contributed by atoms with E-state index < -0.39 is 0 Å². The van der Waals surface area contributed by atoms with Gasteiger partial charge in [-0.05, 0) is 51.5 Å². The zero-order valence-corrected chi connectivity index (χ0v) is 11.7. The highest BCUT2D eigenvalue weighted by atomic mass is 79.9. The predicted molar refractivity (Wildman–Crippen MR) is 70.1 cm³/mol. The molecule has 0 saturated heterocycles. The van der Waals surface area contributed by atoms with Gasteiger partial charge in [0.15, 0.2) is 0 Å². The van der Waals surface area contributed by atoms with E-state index in [0.717, 1.165) is 15.4 Å². The Bertz CT molecular complexity index is 587. The second kappa shape index (κ2) is 3.92. The summed E-state index contributed by atoms with van der Waals surface area (Å²) in [5.74, 6) is 0.777. The average molecular weight is 312 g/mol. The molecular weight excluding hydrogens is 302 g/mol. The highest BCUT2D eigenvalue weighted by Crippen LogP contribution is 2.35. The van der Waals surface area contributed by atoms with Gasteiger partial charge < -0.3 is 4.90 Å². The van der Waals surface area contributed by atoms with Gasteiger partial charge in [0, 0.05) is 17.6 Å². The zero-order valence-electron chi connectivity index (χ0n) is 9.33. The highest BCUT2D eigenvalue weighted by molar-refractivity contribution is 9.11. The van der Waals surface area contributed by atoms with Gasteiger partial charge in [-0.3, -0.25) is 0 Å². The maximum absolute atomic E-state index is 4.07. The van der Waals surface area contributed by atoms with Crippen molar-refractivity contribution in [1.82, 2.24) is 20.2 Å². The van der Waals surface area contributed by atoms with E-state index in [1.54, 1.807) is 11.3 Å². The van der Waals surface area contributed by atoms with Crippen LogP contribution in [0.3, 0.4) is 0 Å². The number of aromatic nitrogens is 4. The molecule has 2 aromatic heterocycles. The predicted octanol–water partition coefficient (Wildman–Crippen LogP) is 2.44. The van der Waals surface area contributed by atoms with Crippen molar-refractivity contribution >= 4 is 33.2 Å². The average Bonchev–Trinajstić information content (AvgIpc) is 2.92. The number of rotatable bonds is 1. The lowest BCUT2D eigenvalue weighted by atomic mass is 10.2. The second-order valence-corrected chi connectivity index (χ2v) is 6.37. The Balaban J connectivity index is 2.12. The quantitative estimate of drug-likeness (QED) is 0.811. The first-order valence-electron chi connectivity index (χ1n) is 5.12. The Kier molecular flexibility index (Phi) is 2.52. The maximum atomic E-state index is 4.07. The van der Waals surface area contributed by atoms with Gasteiger partial charge in [0.05, 0.1) is 3.79 Å². The van der Waals surface area contributed by atoms with Crippen molar-refractivity contribution in [2.75, 3.05) is 11.9 Å². The fourth-order valence-electron chi connectivity index (χ4n) is 1.85. The van der Waals surface area contributed by atoms with E-state index in [1.807, 2.05) is 22.7 Å². The molecule has 1 unspecified atom stereocenters. The topological polar surface area (TPSA) is 46.8 Å². The summed E-state index contributed by atoms with van der Waals surface area (Å²) in [7, 11) is 1.97. The van der Waals surface area contributed by atoms with E-state index in [0.29, 0.717) is 0 Å². The molecule has 17 heavy (non-hydrogen) atoms. The van der Waals surface area contributed by atoms with E-state index in [4.69, 9.17) is 0 Å². The van der Waals surface area contributed by atoms with E-state index in [1.165, 1.54) is 4.88 Å². The summed E-state index contributed by atoms with van der Waals surface area (Å²) in [4.78, 5) is 3.21. The molecule has 2 aromatic rings. The summed E-state index contributed by atoms with van der Waals surface area (Å²) in [6.07, 6.45) is 2.17. The molecule has 0 fully saturated rings. The Morgan fingerprint density at radius 1 is 1.41 bits per heavy atom. The molecule has 0 spiro atoms. The zero-order chi connectivity index (χ0) is 12.0. The van der Waals surface area contributed by atoms with Crippen LogP contribution in [0.2, 0.25) is 0 Å². The van der Waals surface area contributed by atoms with Crippen LogP contribution in [0.5, 0.6) is 0 Å². The summed E-state index contributed by atoms with van der Waals surface area (Å²) >= 11 is 5.18. The lowest BCUT2D eigenvalue weighted by Crippen LogP contribution is -2.27. The summed E-state index contributed by atoms with van der Waals surface area (Å²) in [5, 5.41) is 11.9. The number of anilines is 1. The molecule has 1 aliphatic rings. The SMILES string of the molecule is CC1=CC(c2ccc(Br)s2)n2nnnc2N1C. The van der Waals surface area contributed by atoms with Crippen molar-refractivity contribution in [2.45, 2.75) is 13.0 Å². The number of tetrazole rings is 1. The van der Waals surface area contributed by atoms with E-state index in [2.05, 4.69) is 50.5 Å². The molecule has 0 saturated carbocycles. The molecule has 0 bridgehead atoms. The minimum absolute atomic E-state index is 0.0903. The molecule has 88 valence electrons. The standard InChI is InChI=1S/C10H10BrN5S/c1-6-5-7(8-3-4-9(11)17-8)16-10(15(6)2)12-13-14-16/h3-5,7H,1-2H3. The smallest absolute Gasteiger partial charge is 0.250 e. The van der Waals surface area contributed by atoms with Crippen LogP contribution in [0.15, 0.2) is 27.7 Å². The van der Waals surface area contributed by atoms with E-state index in [9.17, 15) is 0 Å². The van der Waals surface area contributed by atoms with Crippen LogP contribution >= 0.6 is 27.3 Å². The maximum Gasteiger partial charge on any atom is 0.250 e. The molecule has 3 rings (SSSR count). The van der Waals surface area contributed by atoms with Gasteiger partial charge in [-0.1, -0.05) is 5.10 Å². The molecule has 7 heteroatoms. The number of thiophene rings is 1. The largest absolute Gasteiger partial charge is 0.317 e. The molecule has 1 atom stereocenters. The Hall–Kier alpha value is -1.21. The molecule has 0 aromatic carbocycles. The van der Waals surface area contributed by atoms with Crippen molar-refractivity contribution in [1.29, 1.82) is 0 Å². The first-order chi connectivity index (χ1) is 8.16. The molecule has 0 N–H and O–H groups in total. The molecule has 0 amide bonds. The lowest BCUT2D eigenvalue weighted by molar-refractivity contribution is 0.573. The van der Waals surface area contributed by atoms with Crippen molar-refractivity contribution in [3.05, 3.63) is 32.6 Å². The number of nitrogens with zero attached hydrogens (tertiary/aromatic N) is 5. The molecule has 3 heterocycles. The summed E-state index contributed by atoms with van der Waals surface area (Å²) < 4.78 is 2.96. The molecular formula is C10H10BrN5S. The second-order valence-electron chi connectivity index (χ2n) is 3.88. The van der Waals surface area contributed by atoms with Gasteiger partial charge in [0.1, 0.15) is 6.04 Å². The van der Waals surface area contributed by atoms with Gasteiger partial charge in [-0.15, -0.1) is 11.3 Å². The molecule has 0 radical (unpaired) electrons. The van der Waals surface area contributed by atoms with Crippen LogP contribution in [0.4, 0.5) is 5.95 Å². The first-order valence-corrected chi connectivity index (χ1v) is 6.73. The lowest BCUT2D eigenvalue weighted by Gasteiger charge is -2.27. The molecule has 0 aliphatic carbocycles. The Morgan fingerprint density at radius 3 is 2.94 bits per heavy atom. The normalized spacial score (nSPS) is 19.1. The third kappa shape index (κ3) is 1.69. The number of hydrogen-bond donors (Lipinski definition) is 0. The van der Waals surface area contributed by atoms with Crippen LogP contribution in [0.1, 0.15) is 17.8 Å². The van der Waals surface area contributed by atoms with Crippen molar-refractivity contribution in [3.8, 4) is 0 Å². The van der Waals surface area contributed by atoms with Gasteiger partial charge in [0.25, 0.3) is 0 Å². The third-order valence-corrected chi connectivity index (χ3v) is 4.55. The van der Waals surface area contributed by atoms with Crippen LogP contribution in [0.25, 0.3) is 0 Å². The minimum atomic E-state index is 0.0903. The Morgan fingerprint density at radius 2 is 2.24 bits per heavy atom.